The zero-order valence-electron chi connectivity index (χ0n) is 15.7. The second kappa shape index (κ2) is 6.43. The molecule has 5 aromatic rings. The van der Waals surface area contributed by atoms with Crippen molar-refractivity contribution in [2.24, 2.45) is 0 Å². The Bertz CT molecular complexity index is 1400. The minimum absolute atomic E-state index is 0.636. The van der Waals surface area contributed by atoms with Gasteiger partial charge in [0, 0.05) is 25.9 Å². The molecule has 0 aliphatic carbocycles. The first-order valence-corrected chi connectivity index (χ1v) is 9.99. The minimum Gasteiger partial charge on any atom is -0.438 e. The van der Waals surface area contributed by atoms with E-state index in [0.717, 1.165) is 27.6 Å². The van der Waals surface area contributed by atoms with Gasteiger partial charge >= 0.3 is 0 Å². The highest BCUT2D eigenvalue weighted by Gasteiger charge is 2.17. The second-order valence-corrected chi connectivity index (χ2v) is 7.78. The van der Waals surface area contributed by atoms with Gasteiger partial charge in [-0.25, -0.2) is 4.98 Å². The van der Waals surface area contributed by atoms with E-state index in [1.165, 1.54) is 20.5 Å². The first-order chi connectivity index (χ1) is 13.7. The number of rotatable bonds is 3. The number of allylic oxidation sites excluding steroid dienone is 1. The van der Waals surface area contributed by atoms with Gasteiger partial charge in [0.05, 0.1) is 11.1 Å². The first kappa shape index (κ1) is 16.9. The lowest BCUT2D eigenvalue weighted by molar-refractivity contribution is 0.651. The monoisotopic (exact) mass is 382 g/mol. The number of aromatic nitrogens is 2. The summed E-state index contributed by atoms with van der Waals surface area (Å²) in [6, 6.07) is 14.5. The Kier molecular flexibility index (Phi) is 3.88. The third-order valence-corrected chi connectivity index (χ3v) is 6.04. The highest BCUT2D eigenvalue weighted by molar-refractivity contribution is 7.20. The molecule has 0 N–H and O–H groups in total. The van der Waals surface area contributed by atoms with Crippen LogP contribution in [0.1, 0.15) is 23.2 Å². The lowest BCUT2D eigenvalue weighted by atomic mass is 10.0. The lowest BCUT2D eigenvalue weighted by Gasteiger charge is -2.05. The molecule has 0 radical (unpaired) electrons. The predicted molar refractivity (Wildman–Crippen MR) is 120 cm³/mol. The van der Waals surface area contributed by atoms with Gasteiger partial charge in [0.2, 0.25) is 5.71 Å². The zero-order chi connectivity index (χ0) is 19.3. The van der Waals surface area contributed by atoms with E-state index in [1.807, 2.05) is 38.1 Å². The third kappa shape index (κ3) is 2.49. The van der Waals surface area contributed by atoms with Crippen molar-refractivity contribution in [1.82, 2.24) is 9.97 Å². The number of furan rings is 1. The van der Waals surface area contributed by atoms with Gasteiger partial charge in [-0.15, -0.1) is 11.3 Å². The van der Waals surface area contributed by atoms with Gasteiger partial charge < -0.3 is 4.42 Å². The van der Waals surface area contributed by atoms with Gasteiger partial charge in [0.25, 0.3) is 0 Å². The number of nitrogens with zero attached hydrogens (tertiary/aromatic N) is 2. The van der Waals surface area contributed by atoms with Crippen molar-refractivity contribution in [1.29, 1.82) is 0 Å². The summed E-state index contributed by atoms with van der Waals surface area (Å²) in [6.45, 7) is 7.93. The summed E-state index contributed by atoms with van der Waals surface area (Å²) in [5, 5.41) is 3.23. The fraction of sp³-hybridized carbons (Fsp3) is 0.0833. The molecule has 3 nitrogen and oxygen atoms in total. The average Bonchev–Trinajstić information content (AvgIpc) is 3.24. The van der Waals surface area contributed by atoms with Crippen molar-refractivity contribution in [3.05, 3.63) is 71.4 Å². The molecule has 0 unspecified atom stereocenters. The van der Waals surface area contributed by atoms with E-state index in [0.29, 0.717) is 11.5 Å². The second-order valence-electron chi connectivity index (χ2n) is 6.69. The van der Waals surface area contributed by atoms with Crippen LogP contribution in [-0.2, 0) is 0 Å². The van der Waals surface area contributed by atoms with Gasteiger partial charge in [-0.2, -0.15) is 4.98 Å². The summed E-state index contributed by atoms with van der Waals surface area (Å²) in [4.78, 5) is 10.5. The fourth-order valence-electron chi connectivity index (χ4n) is 3.71. The molecule has 3 aromatic heterocycles. The van der Waals surface area contributed by atoms with E-state index < -0.39 is 0 Å². The number of fused-ring (bicyclic) bond motifs is 4. The molecule has 0 spiro atoms. The Morgan fingerprint density at radius 3 is 2.75 bits per heavy atom. The SMILES string of the molecule is C=Cc1c(/C=C\C)sc2cc(-c3nc(C)nc4oc5ccccc5c34)ccc12. The quantitative estimate of drug-likeness (QED) is 0.330. The molecule has 0 amide bonds. The van der Waals surface area contributed by atoms with Crippen LogP contribution in [0, 0.1) is 6.92 Å². The summed E-state index contributed by atoms with van der Waals surface area (Å²) in [7, 11) is 0. The first-order valence-electron chi connectivity index (χ1n) is 9.17. The van der Waals surface area contributed by atoms with Crippen molar-refractivity contribution in [3.8, 4) is 11.3 Å². The van der Waals surface area contributed by atoms with Gasteiger partial charge in [0.15, 0.2) is 0 Å². The van der Waals surface area contributed by atoms with Crippen LogP contribution in [0.5, 0.6) is 0 Å². The van der Waals surface area contributed by atoms with E-state index >= 15 is 0 Å². The zero-order valence-corrected chi connectivity index (χ0v) is 16.5. The molecule has 0 atom stereocenters. The van der Waals surface area contributed by atoms with E-state index in [1.54, 1.807) is 11.3 Å². The minimum atomic E-state index is 0.636. The molecule has 2 aromatic carbocycles. The molecule has 4 heteroatoms. The number of hydrogen-bond acceptors (Lipinski definition) is 4. The number of aryl methyl sites for hydroxylation is 1. The molecular formula is C24H18N2OS. The summed E-state index contributed by atoms with van der Waals surface area (Å²) < 4.78 is 7.20. The highest BCUT2D eigenvalue weighted by atomic mass is 32.1. The Hall–Kier alpha value is -3.24. The van der Waals surface area contributed by atoms with Crippen LogP contribution >= 0.6 is 11.3 Å². The fourth-order valence-corrected chi connectivity index (χ4v) is 4.93. The highest BCUT2D eigenvalue weighted by Crippen LogP contribution is 2.39. The number of para-hydroxylation sites is 1. The maximum Gasteiger partial charge on any atom is 0.231 e. The Morgan fingerprint density at radius 1 is 1.07 bits per heavy atom. The molecule has 0 aliphatic rings. The molecule has 28 heavy (non-hydrogen) atoms. The van der Waals surface area contributed by atoms with Crippen LogP contribution in [0.2, 0.25) is 0 Å². The lowest BCUT2D eigenvalue weighted by Crippen LogP contribution is -1.92. The maximum atomic E-state index is 5.98. The van der Waals surface area contributed by atoms with E-state index in [2.05, 4.69) is 48.0 Å². The van der Waals surface area contributed by atoms with E-state index in [9.17, 15) is 0 Å². The molecule has 0 saturated carbocycles. The van der Waals surface area contributed by atoms with Gasteiger partial charge in [0.1, 0.15) is 11.4 Å². The topological polar surface area (TPSA) is 38.9 Å². The molecule has 0 bridgehead atoms. The average molecular weight is 382 g/mol. The standard InChI is InChI=1S/C24H18N2OS/c1-4-8-20-16(5-2)17-12-11-15(13-21(17)28-20)23-22-18-9-6-7-10-19(18)27-24(22)26-14(3)25-23/h4-13H,2H2,1,3H3/b8-4-. The Labute approximate surface area is 166 Å². The summed E-state index contributed by atoms with van der Waals surface area (Å²) in [5.74, 6) is 0.703. The smallest absolute Gasteiger partial charge is 0.231 e. The Balaban J connectivity index is 1.82. The van der Waals surface area contributed by atoms with Crippen molar-refractivity contribution in [2.75, 3.05) is 0 Å². The molecule has 3 heterocycles. The van der Waals surface area contributed by atoms with Gasteiger partial charge in [-0.05, 0) is 37.6 Å². The van der Waals surface area contributed by atoms with Crippen molar-refractivity contribution >= 4 is 55.6 Å². The largest absolute Gasteiger partial charge is 0.438 e. The maximum absolute atomic E-state index is 5.98. The molecule has 5 rings (SSSR count). The van der Waals surface area contributed by atoms with Crippen LogP contribution < -0.4 is 0 Å². The number of thiophene rings is 1. The van der Waals surface area contributed by atoms with Crippen molar-refractivity contribution < 1.29 is 4.42 Å². The number of benzene rings is 2. The third-order valence-electron chi connectivity index (χ3n) is 4.90. The van der Waals surface area contributed by atoms with E-state index in [4.69, 9.17) is 9.40 Å². The summed E-state index contributed by atoms with van der Waals surface area (Å²) >= 11 is 1.77. The Morgan fingerprint density at radius 2 is 1.93 bits per heavy atom. The van der Waals surface area contributed by atoms with Crippen LogP contribution in [0.25, 0.3) is 55.6 Å². The summed E-state index contributed by atoms with van der Waals surface area (Å²) in [6.07, 6.45) is 6.13. The molecular weight excluding hydrogens is 364 g/mol. The van der Waals surface area contributed by atoms with Crippen molar-refractivity contribution in [2.45, 2.75) is 13.8 Å². The molecule has 0 saturated heterocycles. The predicted octanol–water partition coefficient (Wildman–Crippen LogP) is 7.24. The van der Waals surface area contributed by atoms with Gasteiger partial charge in [-0.3, -0.25) is 0 Å². The van der Waals surface area contributed by atoms with Gasteiger partial charge in [-0.1, -0.05) is 49.1 Å². The molecule has 0 aliphatic heterocycles. The van der Waals surface area contributed by atoms with Crippen LogP contribution in [0.15, 0.2) is 59.5 Å². The van der Waals surface area contributed by atoms with Crippen LogP contribution in [-0.4, -0.2) is 9.97 Å². The van der Waals surface area contributed by atoms with Crippen LogP contribution in [0.4, 0.5) is 0 Å². The summed E-state index contributed by atoms with van der Waals surface area (Å²) in [5.41, 5.74) is 4.63. The molecule has 0 fully saturated rings. The number of hydrogen-bond donors (Lipinski definition) is 0. The van der Waals surface area contributed by atoms with Crippen LogP contribution in [0.3, 0.4) is 0 Å². The van der Waals surface area contributed by atoms with E-state index in [-0.39, 0.29) is 0 Å². The molecule has 136 valence electrons. The normalized spacial score (nSPS) is 11.9. The van der Waals surface area contributed by atoms with Crippen molar-refractivity contribution in [3.63, 3.8) is 0 Å².